The zero-order chi connectivity index (χ0) is 33.4. The van der Waals surface area contributed by atoms with E-state index in [4.69, 9.17) is 14.5 Å². The molecule has 0 saturated carbocycles. The van der Waals surface area contributed by atoms with Gasteiger partial charge in [0.25, 0.3) is 11.8 Å². The maximum atomic E-state index is 13.7. The topological polar surface area (TPSA) is 92.0 Å². The fourth-order valence-electron chi connectivity index (χ4n) is 7.17. The maximum absolute atomic E-state index is 13.7. The van der Waals surface area contributed by atoms with Crippen LogP contribution in [0.25, 0.3) is 16.9 Å². The van der Waals surface area contributed by atoms with Crippen LogP contribution in [0.2, 0.25) is 0 Å². The Hall–Kier alpha value is -4.77. The predicted octanol–water partition coefficient (Wildman–Crippen LogP) is 5.72. The summed E-state index contributed by atoms with van der Waals surface area (Å²) in [6, 6.07) is 15.8. The summed E-state index contributed by atoms with van der Waals surface area (Å²) in [5, 5.41) is 0. The normalized spacial score (nSPS) is 19.2. The summed E-state index contributed by atoms with van der Waals surface area (Å²) in [5.74, 6) is 1.57. The molecule has 0 radical (unpaired) electrons. The van der Waals surface area contributed by atoms with Gasteiger partial charge in [0, 0.05) is 62.8 Å². The minimum Gasteiger partial charge on any atom is -0.493 e. The second-order valence-electron chi connectivity index (χ2n) is 13.1. The number of nitrogens with zero attached hydrogens (tertiary/aromatic N) is 6. The summed E-state index contributed by atoms with van der Waals surface area (Å²) < 4.78 is 27.4. The molecule has 4 aromatic rings. The number of benzene rings is 2. The highest BCUT2D eigenvalue weighted by Gasteiger charge is 2.33. The Kier molecular flexibility index (Phi) is 8.87. The van der Waals surface area contributed by atoms with E-state index in [1.165, 1.54) is 12.1 Å². The lowest BCUT2D eigenvalue weighted by Gasteiger charge is -2.38. The van der Waals surface area contributed by atoms with Crippen molar-refractivity contribution in [2.75, 3.05) is 46.4 Å². The first-order valence-electron chi connectivity index (χ1n) is 16.8. The van der Waals surface area contributed by atoms with Crippen LogP contribution in [0, 0.1) is 11.7 Å². The van der Waals surface area contributed by atoms with Crippen LogP contribution >= 0.6 is 0 Å². The molecule has 11 heteroatoms. The van der Waals surface area contributed by atoms with Gasteiger partial charge in [-0.25, -0.2) is 9.37 Å². The van der Waals surface area contributed by atoms with Gasteiger partial charge in [0.1, 0.15) is 11.6 Å². The minimum atomic E-state index is -0.316. The number of amides is 2. The predicted molar refractivity (Wildman–Crippen MR) is 182 cm³/mol. The van der Waals surface area contributed by atoms with Gasteiger partial charge in [0.2, 0.25) is 0 Å². The molecule has 0 N–H and O–H groups in total. The molecule has 2 unspecified atom stereocenters. The van der Waals surface area contributed by atoms with Crippen LogP contribution in [-0.4, -0.2) is 101 Å². The number of hydrogen-bond donors (Lipinski definition) is 0. The van der Waals surface area contributed by atoms with E-state index in [1.807, 2.05) is 50.9 Å². The van der Waals surface area contributed by atoms with Crippen LogP contribution < -0.4 is 9.47 Å². The van der Waals surface area contributed by atoms with Crippen molar-refractivity contribution in [1.29, 1.82) is 0 Å². The molecule has 3 aliphatic rings. The highest BCUT2D eigenvalue weighted by Crippen LogP contribution is 2.38. The van der Waals surface area contributed by atoms with Gasteiger partial charge in [-0.15, -0.1) is 0 Å². The van der Waals surface area contributed by atoms with E-state index in [0.29, 0.717) is 60.0 Å². The van der Waals surface area contributed by atoms with Crippen LogP contribution in [0.3, 0.4) is 0 Å². The number of hydrogen-bond acceptors (Lipinski definition) is 7. The minimum absolute atomic E-state index is 0.00754. The van der Waals surface area contributed by atoms with E-state index >= 15 is 0 Å². The fourth-order valence-corrected chi connectivity index (χ4v) is 7.17. The number of carbonyl (C=O) groups is 2. The average Bonchev–Trinajstić information content (AvgIpc) is 3.72. The molecule has 2 aromatic heterocycles. The first-order valence-corrected chi connectivity index (χ1v) is 16.8. The molecule has 2 fully saturated rings. The summed E-state index contributed by atoms with van der Waals surface area (Å²) >= 11 is 0. The molecule has 2 aromatic carbocycles. The van der Waals surface area contributed by atoms with E-state index in [2.05, 4.69) is 23.7 Å². The number of rotatable bonds is 9. The largest absolute Gasteiger partial charge is 0.493 e. The lowest BCUT2D eigenvalue weighted by molar-refractivity contribution is 0.0549. The Morgan fingerprint density at radius 2 is 1.81 bits per heavy atom. The fraction of sp³-hybridized carbons (Fsp3) is 0.405. The molecule has 3 atom stereocenters. The second kappa shape index (κ2) is 13.4. The number of fused-ring (bicyclic) bond motifs is 3. The van der Waals surface area contributed by atoms with Gasteiger partial charge in [-0.2, -0.15) is 0 Å². The number of aromatic nitrogens is 2. The Morgan fingerprint density at radius 1 is 1.02 bits per heavy atom. The Labute approximate surface area is 279 Å². The van der Waals surface area contributed by atoms with E-state index in [9.17, 15) is 14.0 Å². The number of imidazole rings is 1. The molecule has 3 aliphatic heterocycles. The first-order chi connectivity index (χ1) is 23.3. The van der Waals surface area contributed by atoms with Gasteiger partial charge in [-0.1, -0.05) is 13.0 Å². The highest BCUT2D eigenvalue weighted by molar-refractivity contribution is 6.03. The zero-order valence-electron chi connectivity index (χ0n) is 27.6. The molecule has 7 rings (SSSR count). The molecular weight excluding hydrogens is 611 g/mol. The molecule has 2 saturated heterocycles. The quantitative estimate of drug-likeness (QED) is 0.230. The maximum Gasteiger partial charge on any atom is 0.274 e. The first kappa shape index (κ1) is 31.8. The molecule has 0 bridgehead atoms. The van der Waals surface area contributed by atoms with Gasteiger partial charge < -0.3 is 19.3 Å². The van der Waals surface area contributed by atoms with Crippen LogP contribution in [0.4, 0.5) is 10.1 Å². The van der Waals surface area contributed by atoms with Gasteiger partial charge in [0.15, 0.2) is 17.2 Å². The third-order valence-electron chi connectivity index (χ3n) is 9.80. The van der Waals surface area contributed by atoms with E-state index in [1.54, 1.807) is 25.3 Å². The van der Waals surface area contributed by atoms with Crippen molar-refractivity contribution in [3.05, 3.63) is 77.9 Å². The number of pyridine rings is 1. The monoisotopic (exact) mass is 652 g/mol. The van der Waals surface area contributed by atoms with Gasteiger partial charge in [-0.05, 0) is 74.6 Å². The van der Waals surface area contributed by atoms with Crippen molar-refractivity contribution < 1.29 is 23.5 Å². The molecule has 0 spiro atoms. The van der Waals surface area contributed by atoms with Gasteiger partial charge >= 0.3 is 0 Å². The highest BCUT2D eigenvalue weighted by atomic mass is 19.1. The van der Waals surface area contributed by atoms with E-state index in [0.717, 1.165) is 50.0 Å². The second-order valence-corrected chi connectivity index (χ2v) is 13.1. The van der Waals surface area contributed by atoms with Crippen molar-refractivity contribution >= 4 is 29.2 Å². The average molecular weight is 653 g/mol. The summed E-state index contributed by atoms with van der Waals surface area (Å²) in [6.45, 7) is 8.38. The number of halogens is 1. The van der Waals surface area contributed by atoms with Crippen LogP contribution in [0.5, 0.6) is 11.5 Å². The molecule has 10 nitrogen and oxygen atoms in total. The van der Waals surface area contributed by atoms with Crippen LogP contribution in [0.1, 0.15) is 54.0 Å². The van der Waals surface area contributed by atoms with Crippen molar-refractivity contribution in [1.82, 2.24) is 24.1 Å². The standard InChI is InChI=1S/C37H41FN6O4/c1-24(23-48-33-21-30-29(20-32(33)47-3)36(45)43-14-6-7-28(43)22-39-30)19-25(2)41-15-17-42(18-16-41)37(46)34-31-8-4-5-13-44(31)35(40-34)26-9-11-27(38)12-10-26/h4-5,8-13,20-22,24-25,28H,6-7,14-19,23H2,1-3H3/t24?,25?,28-/m0/s1. The summed E-state index contributed by atoms with van der Waals surface area (Å²) in [4.78, 5) is 42.5. The van der Waals surface area contributed by atoms with E-state index in [-0.39, 0.29) is 29.6 Å². The third kappa shape index (κ3) is 6.14. The SMILES string of the molecule is COc1cc2c(cc1OCC(C)CC(C)N1CCN(C(=O)c3nc(-c4ccc(F)cc4)n4ccccc34)CC1)N=C[C@@H]1CCCN1C2=O. The van der Waals surface area contributed by atoms with Crippen LogP contribution in [0.15, 0.2) is 65.8 Å². The lowest BCUT2D eigenvalue weighted by Crippen LogP contribution is -2.51. The Balaban J connectivity index is 0.954. The number of aliphatic imine (C=N–C) groups is 1. The van der Waals surface area contributed by atoms with Crippen molar-refractivity contribution in [3.63, 3.8) is 0 Å². The molecule has 48 heavy (non-hydrogen) atoms. The van der Waals surface area contributed by atoms with Gasteiger partial charge in [-0.3, -0.25) is 23.9 Å². The van der Waals surface area contributed by atoms with Crippen LogP contribution in [-0.2, 0) is 0 Å². The summed E-state index contributed by atoms with van der Waals surface area (Å²) in [7, 11) is 1.59. The summed E-state index contributed by atoms with van der Waals surface area (Å²) in [5.41, 5.74) is 3.06. The zero-order valence-corrected chi connectivity index (χ0v) is 27.6. The number of carbonyl (C=O) groups excluding carboxylic acids is 2. The number of ether oxygens (including phenoxy) is 2. The van der Waals surface area contributed by atoms with Crippen molar-refractivity contribution in [3.8, 4) is 22.9 Å². The molecule has 2 amide bonds. The summed E-state index contributed by atoms with van der Waals surface area (Å²) in [6.07, 6.45) is 6.60. The smallest absolute Gasteiger partial charge is 0.274 e. The lowest BCUT2D eigenvalue weighted by atomic mass is 10.0. The Morgan fingerprint density at radius 3 is 2.58 bits per heavy atom. The molecule has 250 valence electrons. The third-order valence-corrected chi connectivity index (χ3v) is 9.80. The molecule has 5 heterocycles. The van der Waals surface area contributed by atoms with Crippen molar-refractivity contribution in [2.24, 2.45) is 10.9 Å². The van der Waals surface area contributed by atoms with Gasteiger partial charge in [0.05, 0.1) is 36.5 Å². The number of piperazine rings is 1. The van der Waals surface area contributed by atoms with Crippen molar-refractivity contribution in [2.45, 2.75) is 45.2 Å². The number of methoxy groups -OCH3 is 1. The molecular formula is C37H41FN6O4. The van der Waals surface area contributed by atoms with E-state index < -0.39 is 0 Å². The Bertz CT molecular complexity index is 1850. The molecule has 0 aliphatic carbocycles.